The molecule has 2 saturated heterocycles. The Kier molecular flexibility index (Phi) is 3.79. The Morgan fingerprint density at radius 2 is 2.12 bits per heavy atom. The number of thioether (sulfide) groups is 1. The van der Waals surface area contributed by atoms with Crippen molar-refractivity contribution in [2.75, 3.05) is 25.4 Å². The average molecular weight is 279 g/mol. The van der Waals surface area contributed by atoms with Gasteiger partial charge in [0.2, 0.25) is 10.0 Å². The largest absolute Gasteiger partial charge is 0.378 e. The summed E-state index contributed by atoms with van der Waals surface area (Å²) in [6.45, 7) is 7.57. The highest BCUT2D eigenvalue weighted by molar-refractivity contribution is 8.01. The molecule has 0 bridgehead atoms. The van der Waals surface area contributed by atoms with Crippen molar-refractivity contribution in [2.24, 2.45) is 0 Å². The smallest absolute Gasteiger partial charge is 0.216 e. The van der Waals surface area contributed by atoms with Crippen LogP contribution in [-0.2, 0) is 14.8 Å². The van der Waals surface area contributed by atoms with E-state index in [2.05, 4.69) is 0 Å². The summed E-state index contributed by atoms with van der Waals surface area (Å²) in [6.07, 6.45) is 1.31. The van der Waals surface area contributed by atoms with Crippen LogP contribution in [-0.4, -0.2) is 54.3 Å². The maximum Gasteiger partial charge on any atom is 0.216 e. The van der Waals surface area contributed by atoms with Crippen LogP contribution < -0.4 is 0 Å². The molecule has 2 fully saturated rings. The van der Waals surface area contributed by atoms with Gasteiger partial charge in [-0.3, -0.25) is 0 Å². The van der Waals surface area contributed by atoms with Gasteiger partial charge in [0.1, 0.15) is 0 Å². The number of rotatable bonds is 4. The molecule has 1 atom stereocenters. The topological polar surface area (TPSA) is 46.6 Å². The van der Waals surface area contributed by atoms with E-state index in [1.54, 1.807) is 18.2 Å². The third-order valence-corrected chi connectivity index (χ3v) is 7.21. The number of ether oxygens (including phenoxy) is 1. The van der Waals surface area contributed by atoms with Crippen LogP contribution >= 0.6 is 11.8 Å². The molecule has 2 aliphatic heterocycles. The van der Waals surface area contributed by atoms with E-state index in [0.717, 1.165) is 18.8 Å². The minimum absolute atomic E-state index is 0.141. The summed E-state index contributed by atoms with van der Waals surface area (Å²) in [5.41, 5.74) is 0. The van der Waals surface area contributed by atoms with E-state index in [-0.39, 0.29) is 10.00 Å². The summed E-state index contributed by atoms with van der Waals surface area (Å²) in [5, 5.41) is -0.311. The van der Waals surface area contributed by atoms with E-state index in [9.17, 15) is 8.42 Å². The Hall–Kier alpha value is 0.220. The predicted octanol–water partition coefficient (Wildman–Crippen LogP) is 1.32. The van der Waals surface area contributed by atoms with Crippen molar-refractivity contribution >= 4 is 21.8 Å². The molecule has 0 amide bonds. The summed E-state index contributed by atoms with van der Waals surface area (Å²) in [6, 6.07) is 0. The Balaban J connectivity index is 1.91. The highest BCUT2D eigenvalue weighted by Crippen LogP contribution is 2.47. The van der Waals surface area contributed by atoms with Crippen molar-refractivity contribution in [3.05, 3.63) is 0 Å². The van der Waals surface area contributed by atoms with Crippen LogP contribution in [0.5, 0.6) is 0 Å². The zero-order chi connectivity index (χ0) is 12.7. The van der Waals surface area contributed by atoms with E-state index in [4.69, 9.17) is 4.74 Å². The van der Waals surface area contributed by atoms with Gasteiger partial charge in [0.15, 0.2) is 0 Å². The molecule has 0 aromatic rings. The van der Waals surface area contributed by atoms with E-state index in [1.165, 1.54) is 0 Å². The van der Waals surface area contributed by atoms with Crippen molar-refractivity contribution in [3.8, 4) is 0 Å². The second-order valence-corrected chi connectivity index (χ2v) is 9.11. The SMILES string of the molecule is CCO[C@H]1CSC2(C1)CN(S(=O)(=O)C(C)C)C2. The summed E-state index contributed by atoms with van der Waals surface area (Å²) in [5.74, 6) is 1.00. The standard InChI is InChI=1S/C11H21NO3S2/c1-4-15-10-5-11(16-6-10)7-12(8-11)17(13,14)9(2)3/h9-10H,4-8H2,1-3H3/t10-/m1/s1. The molecule has 0 aromatic carbocycles. The fourth-order valence-electron chi connectivity index (χ4n) is 2.44. The quantitative estimate of drug-likeness (QED) is 0.779. The van der Waals surface area contributed by atoms with Crippen molar-refractivity contribution in [3.63, 3.8) is 0 Å². The third kappa shape index (κ3) is 2.50. The molecule has 2 heterocycles. The Morgan fingerprint density at radius 1 is 1.47 bits per heavy atom. The fraction of sp³-hybridized carbons (Fsp3) is 1.00. The van der Waals surface area contributed by atoms with Crippen LogP contribution in [0.3, 0.4) is 0 Å². The Labute approximate surface area is 108 Å². The van der Waals surface area contributed by atoms with E-state index < -0.39 is 10.0 Å². The zero-order valence-electron chi connectivity index (χ0n) is 10.7. The first kappa shape index (κ1) is 13.6. The molecule has 0 radical (unpaired) electrons. The highest BCUT2D eigenvalue weighted by atomic mass is 32.2. The number of nitrogens with zero attached hydrogens (tertiary/aromatic N) is 1. The van der Waals surface area contributed by atoms with Gasteiger partial charge in [-0.2, -0.15) is 4.31 Å². The van der Waals surface area contributed by atoms with Crippen LogP contribution in [0.1, 0.15) is 27.2 Å². The monoisotopic (exact) mass is 279 g/mol. The molecule has 0 aromatic heterocycles. The van der Waals surface area contributed by atoms with E-state index in [1.807, 2.05) is 18.7 Å². The summed E-state index contributed by atoms with van der Waals surface area (Å²) in [4.78, 5) is 0. The van der Waals surface area contributed by atoms with Crippen molar-refractivity contribution < 1.29 is 13.2 Å². The van der Waals surface area contributed by atoms with Gasteiger partial charge < -0.3 is 4.74 Å². The molecule has 17 heavy (non-hydrogen) atoms. The van der Waals surface area contributed by atoms with Crippen LogP contribution in [0.15, 0.2) is 0 Å². The molecule has 0 aliphatic carbocycles. The van der Waals surface area contributed by atoms with Gasteiger partial charge in [0.25, 0.3) is 0 Å². The molecule has 4 nitrogen and oxygen atoms in total. The van der Waals surface area contributed by atoms with Gasteiger partial charge in [-0.05, 0) is 27.2 Å². The number of sulfonamides is 1. The minimum atomic E-state index is -3.05. The molecule has 100 valence electrons. The van der Waals surface area contributed by atoms with Crippen molar-refractivity contribution in [2.45, 2.75) is 43.3 Å². The average Bonchev–Trinajstić information content (AvgIpc) is 2.60. The van der Waals surface area contributed by atoms with Crippen LogP contribution in [0.4, 0.5) is 0 Å². The summed E-state index contributed by atoms with van der Waals surface area (Å²) >= 11 is 1.88. The highest BCUT2D eigenvalue weighted by Gasteiger charge is 2.53. The molecule has 2 aliphatic rings. The summed E-state index contributed by atoms with van der Waals surface area (Å²) in [7, 11) is -3.05. The lowest BCUT2D eigenvalue weighted by atomic mass is 9.95. The number of hydrogen-bond donors (Lipinski definition) is 0. The molecule has 0 N–H and O–H groups in total. The molecule has 0 saturated carbocycles. The Bertz CT molecular complexity index is 374. The molecule has 0 unspecified atom stereocenters. The van der Waals surface area contributed by atoms with Gasteiger partial charge in [-0.25, -0.2) is 8.42 Å². The first-order chi connectivity index (χ1) is 7.89. The molecule has 6 heteroatoms. The maximum atomic E-state index is 11.9. The lowest BCUT2D eigenvalue weighted by Gasteiger charge is -2.47. The van der Waals surface area contributed by atoms with Crippen LogP contribution in [0.25, 0.3) is 0 Å². The van der Waals surface area contributed by atoms with E-state index in [0.29, 0.717) is 19.2 Å². The van der Waals surface area contributed by atoms with Gasteiger partial charge >= 0.3 is 0 Å². The van der Waals surface area contributed by atoms with E-state index >= 15 is 0 Å². The van der Waals surface area contributed by atoms with Crippen LogP contribution in [0.2, 0.25) is 0 Å². The lowest BCUT2D eigenvalue weighted by molar-refractivity contribution is 0.0597. The third-order valence-electron chi connectivity index (χ3n) is 3.46. The summed E-state index contributed by atoms with van der Waals surface area (Å²) < 4.78 is 31.3. The molecule has 2 rings (SSSR count). The first-order valence-electron chi connectivity index (χ1n) is 6.14. The predicted molar refractivity (Wildman–Crippen MR) is 70.8 cm³/mol. The first-order valence-corrected chi connectivity index (χ1v) is 8.63. The Morgan fingerprint density at radius 3 is 2.65 bits per heavy atom. The molecular formula is C11H21NO3S2. The lowest BCUT2D eigenvalue weighted by Crippen LogP contribution is -2.61. The second kappa shape index (κ2) is 4.72. The van der Waals surface area contributed by atoms with Crippen molar-refractivity contribution in [1.82, 2.24) is 4.31 Å². The maximum absolute atomic E-state index is 11.9. The zero-order valence-corrected chi connectivity index (χ0v) is 12.3. The van der Waals surface area contributed by atoms with Crippen LogP contribution in [0, 0.1) is 0 Å². The van der Waals surface area contributed by atoms with Gasteiger partial charge in [0.05, 0.1) is 11.4 Å². The van der Waals surface area contributed by atoms with Gasteiger partial charge in [-0.15, -0.1) is 11.8 Å². The van der Waals surface area contributed by atoms with Crippen molar-refractivity contribution in [1.29, 1.82) is 0 Å². The molecular weight excluding hydrogens is 258 g/mol. The normalized spacial score (nSPS) is 28.8. The minimum Gasteiger partial charge on any atom is -0.378 e. The second-order valence-electron chi connectivity index (χ2n) is 5.14. The van der Waals surface area contributed by atoms with Gasteiger partial charge in [0, 0.05) is 30.2 Å². The molecule has 1 spiro atoms. The van der Waals surface area contributed by atoms with Gasteiger partial charge in [-0.1, -0.05) is 0 Å². The fourth-order valence-corrected chi connectivity index (χ4v) is 5.61. The number of hydrogen-bond acceptors (Lipinski definition) is 4.